The summed E-state index contributed by atoms with van der Waals surface area (Å²) >= 11 is 0. The number of nitrogens with one attached hydrogen (secondary N) is 1. The predicted octanol–water partition coefficient (Wildman–Crippen LogP) is 1.91. The van der Waals surface area contributed by atoms with E-state index in [2.05, 4.69) is 56.9 Å². The second kappa shape index (κ2) is 7.25. The van der Waals surface area contributed by atoms with E-state index < -0.39 is 0 Å². The summed E-state index contributed by atoms with van der Waals surface area (Å²) in [6.07, 6.45) is 3.23. The molecule has 0 aliphatic carbocycles. The van der Waals surface area contributed by atoms with Crippen molar-refractivity contribution in [2.45, 2.75) is 65.2 Å². The number of rotatable bonds is 7. The van der Waals surface area contributed by atoms with Crippen molar-refractivity contribution in [3.8, 4) is 0 Å². The van der Waals surface area contributed by atoms with Crippen molar-refractivity contribution in [2.75, 3.05) is 20.6 Å². The summed E-state index contributed by atoms with van der Waals surface area (Å²) in [5.41, 5.74) is 0. The zero-order valence-corrected chi connectivity index (χ0v) is 13.4. The van der Waals surface area contributed by atoms with E-state index in [-0.39, 0.29) is 18.2 Å². The summed E-state index contributed by atoms with van der Waals surface area (Å²) < 4.78 is 0. The van der Waals surface area contributed by atoms with E-state index in [0.717, 1.165) is 25.8 Å². The lowest BCUT2D eigenvalue weighted by molar-refractivity contribution is -0.132. The second-order valence-corrected chi connectivity index (χ2v) is 6.51. The average Bonchev–Trinajstić information content (AvgIpc) is 2.54. The summed E-state index contributed by atoms with van der Waals surface area (Å²) in [5.74, 6) is 0.890. The smallest absolute Gasteiger partial charge is 0.241 e. The third-order valence-electron chi connectivity index (χ3n) is 3.66. The summed E-state index contributed by atoms with van der Waals surface area (Å²) in [6.45, 7) is 9.64. The van der Waals surface area contributed by atoms with Crippen LogP contribution in [0.3, 0.4) is 0 Å². The van der Waals surface area contributed by atoms with Gasteiger partial charge in [-0.25, -0.2) is 0 Å². The molecule has 4 nitrogen and oxygen atoms in total. The molecule has 1 heterocycles. The number of carbonyl (C=O) groups is 1. The van der Waals surface area contributed by atoms with Gasteiger partial charge in [-0.3, -0.25) is 10.1 Å². The van der Waals surface area contributed by atoms with Crippen LogP contribution in [0.2, 0.25) is 0 Å². The SMILES string of the molecule is CCCC1NC(CC(C)C)N(C(C)CN(C)C)C1=O. The van der Waals surface area contributed by atoms with Crippen LogP contribution in [0.4, 0.5) is 0 Å². The maximum absolute atomic E-state index is 12.6. The lowest BCUT2D eigenvalue weighted by Gasteiger charge is -2.32. The van der Waals surface area contributed by atoms with Crippen LogP contribution in [0, 0.1) is 5.92 Å². The lowest BCUT2D eigenvalue weighted by Crippen LogP contribution is -2.47. The van der Waals surface area contributed by atoms with Crippen LogP contribution in [0.25, 0.3) is 0 Å². The molecule has 1 aliphatic rings. The van der Waals surface area contributed by atoms with Gasteiger partial charge in [-0.1, -0.05) is 27.2 Å². The van der Waals surface area contributed by atoms with Crippen molar-refractivity contribution < 1.29 is 4.79 Å². The van der Waals surface area contributed by atoms with Gasteiger partial charge in [-0.15, -0.1) is 0 Å². The molecular weight excluding hydrogens is 238 g/mol. The normalized spacial score (nSPS) is 25.7. The fraction of sp³-hybridized carbons (Fsp3) is 0.933. The minimum Gasteiger partial charge on any atom is -0.322 e. The first-order valence-electron chi connectivity index (χ1n) is 7.59. The van der Waals surface area contributed by atoms with Crippen LogP contribution in [0.1, 0.15) is 47.0 Å². The third-order valence-corrected chi connectivity index (χ3v) is 3.66. The molecule has 0 aromatic heterocycles. The topological polar surface area (TPSA) is 35.6 Å². The maximum atomic E-state index is 12.6. The van der Waals surface area contributed by atoms with Gasteiger partial charge in [-0.2, -0.15) is 0 Å². The first-order valence-corrected chi connectivity index (χ1v) is 7.59. The van der Waals surface area contributed by atoms with Crippen molar-refractivity contribution >= 4 is 5.91 Å². The Morgan fingerprint density at radius 1 is 1.32 bits per heavy atom. The Balaban J connectivity index is 2.78. The molecule has 1 aliphatic heterocycles. The molecule has 0 spiro atoms. The van der Waals surface area contributed by atoms with E-state index in [4.69, 9.17) is 0 Å². The van der Waals surface area contributed by atoms with Crippen molar-refractivity contribution in [2.24, 2.45) is 5.92 Å². The molecule has 112 valence electrons. The molecule has 1 N–H and O–H groups in total. The average molecular weight is 269 g/mol. The fourth-order valence-corrected chi connectivity index (χ4v) is 2.98. The predicted molar refractivity (Wildman–Crippen MR) is 79.9 cm³/mol. The Morgan fingerprint density at radius 3 is 2.42 bits per heavy atom. The van der Waals surface area contributed by atoms with Crippen LogP contribution >= 0.6 is 0 Å². The van der Waals surface area contributed by atoms with Crippen LogP contribution in [-0.2, 0) is 4.79 Å². The lowest BCUT2D eigenvalue weighted by atomic mass is 10.1. The van der Waals surface area contributed by atoms with Gasteiger partial charge in [0.1, 0.15) is 0 Å². The highest BCUT2D eigenvalue weighted by molar-refractivity contribution is 5.84. The minimum atomic E-state index is 0.0263. The Bertz CT molecular complexity index is 291. The largest absolute Gasteiger partial charge is 0.322 e. The Hall–Kier alpha value is -0.610. The van der Waals surface area contributed by atoms with Crippen LogP contribution in [0.5, 0.6) is 0 Å². The van der Waals surface area contributed by atoms with Crippen molar-refractivity contribution in [1.82, 2.24) is 15.1 Å². The highest BCUT2D eigenvalue weighted by Crippen LogP contribution is 2.22. The zero-order valence-electron chi connectivity index (χ0n) is 13.4. The van der Waals surface area contributed by atoms with E-state index in [0.29, 0.717) is 11.8 Å². The molecule has 0 bridgehead atoms. The van der Waals surface area contributed by atoms with E-state index in [1.807, 2.05) is 0 Å². The maximum Gasteiger partial charge on any atom is 0.241 e. The third kappa shape index (κ3) is 4.46. The molecule has 1 saturated heterocycles. The number of amides is 1. The van der Waals surface area contributed by atoms with Gasteiger partial charge in [0.05, 0.1) is 12.2 Å². The van der Waals surface area contributed by atoms with Gasteiger partial charge >= 0.3 is 0 Å². The van der Waals surface area contributed by atoms with Gasteiger partial charge in [0, 0.05) is 12.6 Å². The van der Waals surface area contributed by atoms with Crippen molar-refractivity contribution in [3.63, 3.8) is 0 Å². The number of carbonyl (C=O) groups excluding carboxylic acids is 1. The Labute approximate surface area is 118 Å². The molecular formula is C15H31N3O. The molecule has 0 aromatic carbocycles. The van der Waals surface area contributed by atoms with E-state index in [1.54, 1.807) is 0 Å². The summed E-state index contributed by atoms with van der Waals surface area (Å²) in [4.78, 5) is 16.8. The summed E-state index contributed by atoms with van der Waals surface area (Å²) in [6, 6.07) is 0.291. The first-order chi connectivity index (χ1) is 8.86. The van der Waals surface area contributed by atoms with Crippen LogP contribution in [0.15, 0.2) is 0 Å². The van der Waals surface area contributed by atoms with Crippen molar-refractivity contribution in [3.05, 3.63) is 0 Å². The molecule has 4 heteroatoms. The van der Waals surface area contributed by atoms with Crippen LogP contribution in [-0.4, -0.2) is 54.6 Å². The van der Waals surface area contributed by atoms with Gasteiger partial charge in [0.15, 0.2) is 0 Å². The number of likely N-dealkylation sites (N-methyl/N-ethyl adjacent to an activating group) is 1. The summed E-state index contributed by atoms with van der Waals surface area (Å²) in [5, 5.41) is 3.54. The molecule has 1 rings (SSSR count). The molecule has 0 saturated carbocycles. The highest BCUT2D eigenvalue weighted by atomic mass is 16.2. The Kier molecular flexibility index (Phi) is 6.27. The van der Waals surface area contributed by atoms with Gasteiger partial charge in [-0.05, 0) is 39.8 Å². The zero-order chi connectivity index (χ0) is 14.6. The molecule has 3 unspecified atom stereocenters. The van der Waals surface area contributed by atoms with E-state index in [9.17, 15) is 4.79 Å². The highest BCUT2D eigenvalue weighted by Gasteiger charge is 2.40. The minimum absolute atomic E-state index is 0.0263. The molecule has 3 atom stereocenters. The monoisotopic (exact) mass is 269 g/mol. The molecule has 1 amide bonds. The van der Waals surface area contributed by atoms with Crippen LogP contribution < -0.4 is 5.32 Å². The fourth-order valence-electron chi connectivity index (χ4n) is 2.98. The molecule has 0 radical (unpaired) electrons. The van der Waals surface area contributed by atoms with Gasteiger partial charge < -0.3 is 9.80 Å². The first kappa shape index (κ1) is 16.4. The van der Waals surface area contributed by atoms with E-state index in [1.165, 1.54) is 0 Å². The second-order valence-electron chi connectivity index (χ2n) is 6.51. The number of nitrogens with zero attached hydrogens (tertiary/aromatic N) is 2. The molecule has 1 fully saturated rings. The molecule has 19 heavy (non-hydrogen) atoms. The number of hydrogen-bond donors (Lipinski definition) is 1. The molecule has 0 aromatic rings. The quantitative estimate of drug-likeness (QED) is 0.767. The standard InChI is InChI=1S/C15H31N3O/c1-7-8-13-15(19)18(12(4)10-17(5)6)14(16-13)9-11(2)3/h11-14,16H,7-10H2,1-6H3. The van der Waals surface area contributed by atoms with Gasteiger partial charge in [0.25, 0.3) is 0 Å². The van der Waals surface area contributed by atoms with Crippen molar-refractivity contribution in [1.29, 1.82) is 0 Å². The van der Waals surface area contributed by atoms with E-state index >= 15 is 0 Å². The Morgan fingerprint density at radius 2 is 1.95 bits per heavy atom. The summed E-state index contributed by atoms with van der Waals surface area (Å²) in [7, 11) is 4.12. The van der Waals surface area contributed by atoms with Gasteiger partial charge in [0.2, 0.25) is 5.91 Å². The number of hydrogen-bond acceptors (Lipinski definition) is 3.